The van der Waals surface area contributed by atoms with Crippen LogP contribution in [-0.2, 0) is 13.0 Å². The van der Waals surface area contributed by atoms with E-state index >= 15 is 0 Å². The number of hydrogen-bond acceptors (Lipinski definition) is 2. The molecule has 1 saturated carbocycles. The first-order valence-corrected chi connectivity index (χ1v) is 9.08. The zero-order valence-electron chi connectivity index (χ0n) is 13.3. The first-order valence-electron chi connectivity index (χ1n) is 7.85. The number of aryl methyl sites for hydroxylation is 1. The van der Waals surface area contributed by atoms with Crippen LogP contribution in [0, 0.1) is 12.3 Å². The maximum absolute atomic E-state index is 6.43. The van der Waals surface area contributed by atoms with Crippen LogP contribution in [0.5, 0.6) is 0 Å². The molecule has 2 N–H and O–H groups in total. The summed E-state index contributed by atoms with van der Waals surface area (Å²) >= 11 is 2.07. The second-order valence-corrected chi connectivity index (χ2v) is 8.94. The molecule has 1 unspecified atom stereocenters. The molecule has 2 nitrogen and oxygen atoms in total. The van der Waals surface area contributed by atoms with Gasteiger partial charge in [0.1, 0.15) is 0 Å². The number of nitrogens with two attached hydrogens (primary N) is 1. The first-order chi connectivity index (χ1) is 9.36. The fourth-order valence-electron chi connectivity index (χ4n) is 4.01. The summed E-state index contributed by atoms with van der Waals surface area (Å²) in [7, 11) is 0. The molecule has 112 valence electrons. The van der Waals surface area contributed by atoms with Crippen LogP contribution < -0.4 is 5.73 Å². The van der Waals surface area contributed by atoms with Crippen molar-refractivity contribution in [2.45, 2.75) is 70.2 Å². The first kappa shape index (κ1) is 14.5. The Hall–Kier alpha value is -0.410. The van der Waals surface area contributed by atoms with Crippen molar-refractivity contribution >= 4 is 11.8 Å². The summed E-state index contributed by atoms with van der Waals surface area (Å²) < 4.78 is 3.08. The molecular formula is C17H28N2S. The molecule has 20 heavy (non-hydrogen) atoms. The number of aromatic nitrogens is 1. The van der Waals surface area contributed by atoms with Gasteiger partial charge in [0, 0.05) is 28.7 Å². The molecule has 0 aliphatic heterocycles. The summed E-state index contributed by atoms with van der Waals surface area (Å²) in [5.74, 6) is 0. The van der Waals surface area contributed by atoms with Gasteiger partial charge in [-0.3, -0.25) is 0 Å². The van der Waals surface area contributed by atoms with E-state index in [-0.39, 0.29) is 6.04 Å². The van der Waals surface area contributed by atoms with Crippen molar-refractivity contribution in [3.8, 4) is 0 Å². The normalized spacial score (nSPS) is 26.9. The maximum atomic E-state index is 6.43. The van der Waals surface area contributed by atoms with Gasteiger partial charge in [0.25, 0.3) is 0 Å². The Labute approximate surface area is 127 Å². The summed E-state index contributed by atoms with van der Waals surface area (Å²) in [5, 5.41) is 0. The van der Waals surface area contributed by atoms with E-state index in [0.29, 0.717) is 10.2 Å². The van der Waals surface area contributed by atoms with Crippen molar-refractivity contribution in [3.05, 3.63) is 23.0 Å². The van der Waals surface area contributed by atoms with Crippen LogP contribution in [0.2, 0.25) is 0 Å². The molecule has 2 aliphatic carbocycles. The lowest BCUT2D eigenvalue weighted by Crippen LogP contribution is -2.39. The van der Waals surface area contributed by atoms with E-state index in [1.807, 2.05) is 0 Å². The van der Waals surface area contributed by atoms with Gasteiger partial charge in [-0.05, 0) is 55.9 Å². The molecule has 0 amide bonds. The molecule has 1 aromatic heterocycles. The standard InChI is InChI=1S/C17H28N2S/c1-12-8-13-14(18)9-16(2,3)10-15(13)19(12)11-17(20-4)6-5-7-17/h8,14H,5-7,9-11,18H2,1-4H3. The Morgan fingerprint density at radius 2 is 2.10 bits per heavy atom. The minimum Gasteiger partial charge on any atom is -0.347 e. The number of thioether (sulfide) groups is 1. The zero-order chi connectivity index (χ0) is 14.5. The van der Waals surface area contributed by atoms with Gasteiger partial charge in [0.05, 0.1) is 0 Å². The fourth-order valence-corrected chi connectivity index (χ4v) is 4.97. The molecule has 3 rings (SSSR count). The van der Waals surface area contributed by atoms with Crippen LogP contribution in [0.25, 0.3) is 0 Å². The summed E-state index contributed by atoms with van der Waals surface area (Å²) in [5.41, 5.74) is 11.1. The van der Waals surface area contributed by atoms with Gasteiger partial charge < -0.3 is 10.3 Å². The molecule has 0 radical (unpaired) electrons. The largest absolute Gasteiger partial charge is 0.347 e. The van der Waals surface area contributed by atoms with E-state index in [2.05, 4.69) is 49.4 Å². The maximum Gasteiger partial charge on any atom is 0.0372 e. The predicted octanol–water partition coefficient (Wildman–Crippen LogP) is 4.05. The smallest absolute Gasteiger partial charge is 0.0372 e. The summed E-state index contributed by atoms with van der Waals surface area (Å²) in [4.78, 5) is 0. The van der Waals surface area contributed by atoms with Crippen molar-refractivity contribution in [1.29, 1.82) is 0 Å². The second-order valence-electron chi connectivity index (χ2n) is 7.67. The van der Waals surface area contributed by atoms with Crippen LogP contribution in [0.4, 0.5) is 0 Å². The molecule has 1 heterocycles. The van der Waals surface area contributed by atoms with Crippen molar-refractivity contribution in [1.82, 2.24) is 4.57 Å². The van der Waals surface area contributed by atoms with Crippen LogP contribution in [0.1, 0.15) is 62.5 Å². The van der Waals surface area contributed by atoms with Crippen molar-refractivity contribution in [3.63, 3.8) is 0 Å². The van der Waals surface area contributed by atoms with Gasteiger partial charge >= 0.3 is 0 Å². The monoisotopic (exact) mass is 292 g/mol. The Morgan fingerprint density at radius 1 is 1.40 bits per heavy atom. The highest BCUT2D eigenvalue weighted by Crippen LogP contribution is 2.46. The topological polar surface area (TPSA) is 30.9 Å². The lowest BCUT2D eigenvalue weighted by atomic mass is 9.74. The predicted molar refractivity (Wildman–Crippen MR) is 88.3 cm³/mol. The Kier molecular flexibility index (Phi) is 3.49. The minimum absolute atomic E-state index is 0.223. The third-order valence-corrected chi connectivity index (χ3v) is 6.81. The van der Waals surface area contributed by atoms with E-state index in [0.717, 1.165) is 6.42 Å². The molecule has 0 spiro atoms. The molecule has 1 atom stereocenters. The summed E-state index contributed by atoms with van der Waals surface area (Å²) in [6, 6.07) is 2.57. The quantitative estimate of drug-likeness (QED) is 0.911. The average molecular weight is 292 g/mol. The molecule has 3 heteroatoms. The lowest BCUT2D eigenvalue weighted by Gasteiger charge is -2.42. The van der Waals surface area contributed by atoms with Crippen LogP contribution in [0.3, 0.4) is 0 Å². The van der Waals surface area contributed by atoms with E-state index in [1.54, 1.807) is 0 Å². The SMILES string of the molecule is CSC1(Cn2c(C)cc3c2CC(C)(C)CC3N)CCC1. The van der Waals surface area contributed by atoms with Crippen LogP contribution in [0.15, 0.2) is 6.07 Å². The second kappa shape index (κ2) is 4.81. The van der Waals surface area contributed by atoms with Crippen molar-refractivity contribution in [2.24, 2.45) is 11.1 Å². The van der Waals surface area contributed by atoms with Crippen molar-refractivity contribution in [2.75, 3.05) is 6.26 Å². The Morgan fingerprint density at radius 3 is 2.65 bits per heavy atom. The number of hydrogen-bond donors (Lipinski definition) is 1. The van der Waals surface area contributed by atoms with Crippen LogP contribution >= 0.6 is 11.8 Å². The van der Waals surface area contributed by atoms with Gasteiger partial charge in [-0.2, -0.15) is 11.8 Å². The Bertz CT molecular complexity index is 506. The third kappa shape index (κ3) is 2.33. The fraction of sp³-hybridized carbons (Fsp3) is 0.765. The molecule has 0 aromatic carbocycles. The van der Waals surface area contributed by atoms with Gasteiger partial charge in [-0.15, -0.1) is 0 Å². The lowest BCUT2D eigenvalue weighted by molar-refractivity contribution is 0.264. The number of fused-ring (bicyclic) bond motifs is 1. The van der Waals surface area contributed by atoms with Gasteiger partial charge in [0.15, 0.2) is 0 Å². The van der Waals surface area contributed by atoms with Crippen molar-refractivity contribution < 1.29 is 0 Å². The molecule has 1 fully saturated rings. The highest BCUT2D eigenvalue weighted by molar-refractivity contribution is 8.00. The van der Waals surface area contributed by atoms with E-state index < -0.39 is 0 Å². The molecule has 1 aromatic rings. The minimum atomic E-state index is 0.223. The molecule has 0 saturated heterocycles. The van der Waals surface area contributed by atoms with E-state index in [4.69, 9.17) is 5.73 Å². The molecular weight excluding hydrogens is 264 g/mol. The van der Waals surface area contributed by atoms with Gasteiger partial charge in [-0.1, -0.05) is 20.3 Å². The highest BCUT2D eigenvalue weighted by Gasteiger charge is 2.39. The highest BCUT2D eigenvalue weighted by atomic mass is 32.2. The molecule has 0 bridgehead atoms. The Balaban J connectivity index is 1.96. The zero-order valence-corrected chi connectivity index (χ0v) is 14.1. The average Bonchev–Trinajstić information content (AvgIpc) is 2.60. The van der Waals surface area contributed by atoms with E-state index in [1.165, 1.54) is 49.2 Å². The number of rotatable bonds is 3. The summed E-state index contributed by atoms with van der Waals surface area (Å²) in [6.07, 6.45) is 8.70. The van der Waals surface area contributed by atoms with Gasteiger partial charge in [-0.25, -0.2) is 0 Å². The third-order valence-electron chi connectivity index (χ3n) is 5.41. The van der Waals surface area contributed by atoms with E-state index in [9.17, 15) is 0 Å². The van der Waals surface area contributed by atoms with Gasteiger partial charge in [0.2, 0.25) is 0 Å². The number of nitrogens with zero attached hydrogens (tertiary/aromatic N) is 1. The molecule has 2 aliphatic rings. The summed E-state index contributed by atoms with van der Waals surface area (Å²) in [6.45, 7) is 8.15. The van der Waals surface area contributed by atoms with Crippen LogP contribution in [-0.4, -0.2) is 15.6 Å².